The van der Waals surface area contributed by atoms with Crippen molar-refractivity contribution in [2.75, 3.05) is 11.4 Å². The van der Waals surface area contributed by atoms with Crippen LogP contribution in [0.5, 0.6) is 0 Å². The number of carboxylic acid groups (broad SMARTS) is 1. The van der Waals surface area contributed by atoms with Crippen molar-refractivity contribution < 1.29 is 41.0 Å². The quantitative estimate of drug-likeness (QED) is 0.873. The van der Waals surface area contributed by atoms with Gasteiger partial charge in [-0.25, -0.2) is 4.79 Å². The monoisotopic (exact) mass is 315 g/mol. The number of aromatic carboxylic acids is 1. The van der Waals surface area contributed by atoms with E-state index in [1.807, 2.05) is 0 Å². The first kappa shape index (κ1) is 16.8. The summed E-state index contributed by atoms with van der Waals surface area (Å²) >= 11 is 0. The Kier molecular flexibility index (Phi) is 4.49. The Balaban J connectivity index is 3.38. The van der Waals surface area contributed by atoms with Crippen LogP contribution in [0.25, 0.3) is 0 Å². The van der Waals surface area contributed by atoms with Gasteiger partial charge in [-0.2, -0.15) is 26.3 Å². The van der Waals surface area contributed by atoms with Crippen LogP contribution in [0.2, 0.25) is 0 Å². The van der Waals surface area contributed by atoms with Gasteiger partial charge in [-0.15, -0.1) is 0 Å². The zero-order valence-electron chi connectivity index (χ0n) is 10.00. The molecule has 4 nitrogen and oxygen atoms in total. The van der Waals surface area contributed by atoms with Crippen LogP contribution in [0.15, 0.2) is 24.3 Å². The third-order valence-electron chi connectivity index (χ3n) is 2.25. The largest absolute Gasteiger partial charge is 0.478 e. The number of rotatable bonds is 3. The molecule has 0 bridgehead atoms. The number of amides is 1. The van der Waals surface area contributed by atoms with Crippen LogP contribution in [0.1, 0.15) is 10.4 Å². The molecule has 21 heavy (non-hydrogen) atoms. The smallest absolute Gasteiger partial charge is 0.471 e. The lowest BCUT2D eigenvalue weighted by atomic mass is 10.1. The Hall–Kier alpha value is -2.26. The van der Waals surface area contributed by atoms with Crippen LogP contribution in [0.3, 0.4) is 0 Å². The minimum atomic E-state index is -5.57. The average molecular weight is 315 g/mol. The lowest BCUT2D eigenvalue weighted by Crippen LogP contribution is -2.46. The molecule has 0 spiro atoms. The molecule has 0 radical (unpaired) electrons. The van der Waals surface area contributed by atoms with E-state index >= 15 is 0 Å². The summed E-state index contributed by atoms with van der Waals surface area (Å²) in [5.41, 5.74) is -1.83. The fourth-order valence-electron chi connectivity index (χ4n) is 1.49. The minimum absolute atomic E-state index is 0.649. The van der Waals surface area contributed by atoms with Crippen LogP contribution in [-0.4, -0.2) is 35.9 Å². The first-order valence-corrected chi connectivity index (χ1v) is 5.21. The molecule has 0 aliphatic rings. The molecule has 116 valence electrons. The Morgan fingerprint density at radius 2 is 1.57 bits per heavy atom. The maximum Gasteiger partial charge on any atom is 0.471 e. The third kappa shape index (κ3) is 4.36. The zero-order valence-corrected chi connectivity index (χ0v) is 10.00. The molecule has 0 heterocycles. The van der Waals surface area contributed by atoms with E-state index in [1.54, 1.807) is 0 Å². The summed E-state index contributed by atoms with van der Waals surface area (Å²) in [5.74, 6) is -4.55. The normalized spacial score (nSPS) is 12.1. The van der Waals surface area contributed by atoms with Crippen molar-refractivity contribution in [2.24, 2.45) is 0 Å². The van der Waals surface area contributed by atoms with E-state index in [1.165, 1.54) is 0 Å². The molecule has 0 unspecified atom stereocenters. The summed E-state index contributed by atoms with van der Waals surface area (Å²) in [4.78, 5) is 21.3. The highest BCUT2D eigenvalue weighted by molar-refractivity contribution is 6.03. The number of halogens is 6. The van der Waals surface area contributed by atoms with Gasteiger partial charge in [0, 0.05) is 0 Å². The highest BCUT2D eigenvalue weighted by Crippen LogP contribution is 2.30. The molecule has 1 N–H and O–H groups in total. The van der Waals surface area contributed by atoms with Gasteiger partial charge in [-0.3, -0.25) is 9.69 Å². The fourth-order valence-corrected chi connectivity index (χ4v) is 1.49. The molecule has 1 amide bonds. The van der Waals surface area contributed by atoms with Crippen LogP contribution < -0.4 is 4.90 Å². The molecular weight excluding hydrogens is 308 g/mol. The SMILES string of the molecule is O=C(O)c1ccccc1N(CC(F)(F)F)C(=O)C(F)(F)F. The van der Waals surface area contributed by atoms with Crippen molar-refractivity contribution in [3.05, 3.63) is 29.8 Å². The number of hydrogen-bond acceptors (Lipinski definition) is 2. The Labute approximate surface area is 113 Å². The predicted molar refractivity (Wildman–Crippen MR) is 57.9 cm³/mol. The molecule has 0 atom stereocenters. The molecule has 0 saturated carbocycles. The van der Waals surface area contributed by atoms with Crippen molar-refractivity contribution in [2.45, 2.75) is 12.4 Å². The van der Waals surface area contributed by atoms with E-state index in [9.17, 15) is 35.9 Å². The van der Waals surface area contributed by atoms with Crippen LogP contribution in [0, 0.1) is 0 Å². The number of para-hydroxylation sites is 1. The van der Waals surface area contributed by atoms with E-state index in [2.05, 4.69) is 0 Å². The van der Waals surface area contributed by atoms with Gasteiger partial charge in [0.25, 0.3) is 0 Å². The second-order valence-electron chi connectivity index (χ2n) is 3.83. The highest BCUT2D eigenvalue weighted by atomic mass is 19.4. The number of hydrogen-bond donors (Lipinski definition) is 1. The van der Waals surface area contributed by atoms with Crippen molar-refractivity contribution in [3.8, 4) is 0 Å². The van der Waals surface area contributed by atoms with Gasteiger partial charge in [0.1, 0.15) is 6.54 Å². The van der Waals surface area contributed by atoms with Gasteiger partial charge in [-0.05, 0) is 12.1 Å². The summed E-state index contributed by atoms with van der Waals surface area (Å²) in [6, 6.07) is 3.62. The van der Waals surface area contributed by atoms with Crippen LogP contribution >= 0.6 is 0 Å². The molecule has 1 aromatic rings. The summed E-state index contributed by atoms with van der Waals surface area (Å²) in [5, 5.41) is 8.80. The summed E-state index contributed by atoms with van der Waals surface area (Å²) < 4.78 is 74.3. The molecular formula is C11H7F6NO3. The van der Waals surface area contributed by atoms with E-state index in [0.717, 1.165) is 18.2 Å². The van der Waals surface area contributed by atoms with Crippen molar-refractivity contribution >= 4 is 17.6 Å². The molecule has 1 aromatic carbocycles. The predicted octanol–water partition coefficient (Wildman–Crippen LogP) is 2.84. The third-order valence-corrected chi connectivity index (χ3v) is 2.25. The van der Waals surface area contributed by atoms with Gasteiger partial charge >= 0.3 is 24.2 Å². The number of carbonyl (C=O) groups is 2. The average Bonchev–Trinajstić information content (AvgIpc) is 2.33. The number of anilines is 1. The number of nitrogens with zero attached hydrogens (tertiary/aromatic N) is 1. The molecule has 0 aromatic heterocycles. The summed E-state index contributed by atoms with van der Waals surface area (Å²) in [7, 11) is 0. The van der Waals surface area contributed by atoms with Crippen molar-refractivity contribution in [1.29, 1.82) is 0 Å². The van der Waals surface area contributed by atoms with E-state index < -0.39 is 46.9 Å². The summed E-state index contributed by atoms with van der Waals surface area (Å²) in [6.45, 7) is -2.25. The molecule has 10 heteroatoms. The van der Waals surface area contributed by atoms with Gasteiger partial charge in [-0.1, -0.05) is 12.1 Å². The molecule has 1 rings (SSSR count). The Morgan fingerprint density at radius 1 is 1.05 bits per heavy atom. The second-order valence-corrected chi connectivity index (χ2v) is 3.83. The van der Waals surface area contributed by atoms with Crippen molar-refractivity contribution in [3.63, 3.8) is 0 Å². The van der Waals surface area contributed by atoms with E-state index in [4.69, 9.17) is 5.11 Å². The summed E-state index contributed by atoms with van der Waals surface area (Å²) in [6.07, 6.45) is -10.7. The lowest BCUT2D eigenvalue weighted by molar-refractivity contribution is -0.174. The molecule has 0 saturated heterocycles. The van der Waals surface area contributed by atoms with Gasteiger partial charge in [0.05, 0.1) is 11.3 Å². The maximum absolute atomic E-state index is 12.4. The fraction of sp³-hybridized carbons (Fsp3) is 0.273. The zero-order chi connectivity index (χ0) is 16.4. The maximum atomic E-state index is 12.4. The Morgan fingerprint density at radius 3 is 2.00 bits per heavy atom. The number of carboxylic acids is 1. The van der Waals surface area contributed by atoms with Gasteiger partial charge in [0.2, 0.25) is 0 Å². The first-order chi connectivity index (χ1) is 9.43. The topological polar surface area (TPSA) is 57.6 Å². The van der Waals surface area contributed by atoms with Crippen LogP contribution in [-0.2, 0) is 4.79 Å². The molecule has 0 fully saturated rings. The first-order valence-electron chi connectivity index (χ1n) is 5.21. The number of carbonyl (C=O) groups excluding carboxylic acids is 1. The number of benzene rings is 1. The highest BCUT2D eigenvalue weighted by Gasteiger charge is 2.47. The number of alkyl halides is 6. The molecule has 0 aliphatic carbocycles. The van der Waals surface area contributed by atoms with E-state index in [0.29, 0.717) is 6.07 Å². The molecule has 0 aliphatic heterocycles. The Bertz CT molecular complexity index is 552. The van der Waals surface area contributed by atoms with Crippen LogP contribution in [0.4, 0.5) is 32.0 Å². The lowest BCUT2D eigenvalue weighted by Gasteiger charge is -2.26. The van der Waals surface area contributed by atoms with Gasteiger partial charge in [0.15, 0.2) is 0 Å². The van der Waals surface area contributed by atoms with E-state index in [-0.39, 0.29) is 0 Å². The van der Waals surface area contributed by atoms with Crippen molar-refractivity contribution in [1.82, 2.24) is 0 Å². The standard InChI is InChI=1S/C11H7F6NO3/c12-10(13,14)5-18(9(21)11(15,16)17)7-4-2-1-3-6(7)8(19)20/h1-4H,5H2,(H,19,20). The minimum Gasteiger partial charge on any atom is -0.478 e. The second kappa shape index (κ2) is 5.62. The van der Waals surface area contributed by atoms with Gasteiger partial charge < -0.3 is 5.11 Å².